The standard InChI is InChI=1S/C22H21BrN4O2S/c1-24-22-25-18-8-5-16(14-19(18)30-22)21(29)27-12-10-26(11-13-27)20(28)9-4-15-2-6-17(23)7-3-15/h2-9,14H,10-13H2,1H3,(H,24,25)/b9-4+. The number of amides is 2. The van der Waals surface area contributed by atoms with Crippen LogP contribution in [0, 0.1) is 0 Å². The van der Waals surface area contributed by atoms with Crippen molar-refractivity contribution in [2.45, 2.75) is 0 Å². The first-order valence-electron chi connectivity index (χ1n) is 9.63. The molecule has 3 aromatic rings. The summed E-state index contributed by atoms with van der Waals surface area (Å²) < 4.78 is 1.99. The van der Waals surface area contributed by atoms with Crippen molar-refractivity contribution in [3.8, 4) is 0 Å². The molecule has 1 N–H and O–H groups in total. The van der Waals surface area contributed by atoms with Crippen molar-refractivity contribution in [1.82, 2.24) is 14.8 Å². The first kappa shape index (κ1) is 20.6. The van der Waals surface area contributed by atoms with Crippen molar-refractivity contribution < 1.29 is 9.59 Å². The van der Waals surface area contributed by atoms with Crippen LogP contribution in [-0.2, 0) is 4.79 Å². The third-order valence-electron chi connectivity index (χ3n) is 5.02. The molecule has 0 saturated carbocycles. The van der Waals surface area contributed by atoms with E-state index in [1.54, 1.807) is 11.0 Å². The number of anilines is 1. The molecule has 8 heteroatoms. The molecule has 2 aromatic carbocycles. The zero-order chi connectivity index (χ0) is 21.1. The van der Waals surface area contributed by atoms with E-state index >= 15 is 0 Å². The highest BCUT2D eigenvalue weighted by Gasteiger charge is 2.24. The monoisotopic (exact) mass is 484 g/mol. The molecule has 0 aliphatic carbocycles. The van der Waals surface area contributed by atoms with Gasteiger partial charge in [-0.1, -0.05) is 39.4 Å². The number of carbonyl (C=O) groups is 2. The number of rotatable bonds is 4. The number of hydrogen-bond donors (Lipinski definition) is 1. The molecule has 0 unspecified atom stereocenters. The zero-order valence-electron chi connectivity index (χ0n) is 16.5. The molecule has 0 spiro atoms. The van der Waals surface area contributed by atoms with Crippen LogP contribution < -0.4 is 5.32 Å². The third kappa shape index (κ3) is 4.55. The van der Waals surface area contributed by atoms with E-state index < -0.39 is 0 Å². The van der Waals surface area contributed by atoms with Crippen LogP contribution in [0.4, 0.5) is 5.13 Å². The first-order chi connectivity index (χ1) is 14.5. The molecule has 1 fully saturated rings. The van der Waals surface area contributed by atoms with E-state index in [9.17, 15) is 9.59 Å². The normalized spacial score (nSPS) is 14.5. The summed E-state index contributed by atoms with van der Waals surface area (Å²) in [6.45, 7) is 2.11. The number of hydrogen-bond acceptors (Lipinski definition) is 5. The number of nitrogens with zero attached hydrogens (tertiary/aromatic N) is 3. The SMILES string of the molecule is CNc1nc2ccc(C(=O)N3CCN(C(=O)/C=C/c4ccc(Br)cc4)CC3)cc2s1. The average molecular weight is 485 g/mol. The predicted molar refractivity (Wildman–Crippen MR) is 125 cm³/mol. The van der Waals surface area contributed by atoms with E-state index in [4.69, 9.17) is 0 Å². The van der Waals surface area contributed by atoms with Crippen LogP contribution in [0.2, 0.25) is 0 Å². The van der Waals surface area contributed by atoms with Crippen LogP contribution in [0.3, 0.4) is 0 Å². The van der Waals surface area contributed by atoms with Gasteiger partial charge in [0.15, 0.2) is 5.13 Å². The molecule has 4 rings (SSSR count). The maximum absolute atomic E-state index is 12.9. The Kier molecular flexibility index (Phi) is 6.15. The second-order valence-electron chi connectivity index (χ2n) is 6.95. The molecule has 0 radical (unpaired) electrons. The van der Waals surface area contributed by atoms with E-state index in [-0.39, 0.29) is 11.8 Å². The van der Waals surface area contributed by atoms with E-state index in [0.717, 1.165) is 25.4 Å². The topological polar surface area (TPSA) is 65.5 Å². The van der Waals surface area contributed by atoms with Crippen LogP contribution in [0.25, 0.3) is 16.3 Å². The fourth-order valence-corrected chi connectivity index (χ4v) is 4.45. The third-order valence-corrected chi connectivity index (χ3v) is 6.58. The molecule has 1 aromatic heterocycles. The lowest BCUT2D eigenvalue weighted by Crippen LogP contribution is -2.50. The highest BCUT2D eigenvalue weighted by molar-refractivity contribution is 9.10. The molecule has 2 amide bonds. The Bertz CT molecular complexity index is 1100. The number of benzene rings is 2. The van der Waals surface area contributed by atoms with Gasteiger partial charge in [-0.25, -0.2) is 4.98 Å². The molecule has 154 valence electrons. The summed E-state index contributed by atoms with van der Waals surface area (Å²) in [4.78, 5) is 33.4. The second-order valence-corrected chi connectivity index (χ2v) is 8.90. The summed E-state index contributed by atoms with van der Waals surface area (Å²) in [6.07, 6.45) is 3.41. The van der Waals surface area contributed by atoms with Crippen LogP contribution in [0.15, 0.2) is 53.0 Å². The minimum absolute atomic E-state index is 0.00573. The van der Waals surface area contributed by atoms with Gasteiger partial charge >= 0.3 is 0 Å². The molecule has 1 aliphatic heterocycles. The van der Waals surface area contributed by atoms with Gasteiger partial charge in [-0.2, -0.15) is 0 Å². The van der Waals surface area contributed by atoms with E-state index in [0.29, 0.717) is 31.7 Å². The maximum atomic E-state index is 12.9. The average Bonchev–Trinajstić information content (AvgIpc) is 3.20. The van der Waals surface area contributed by atoms with E-state index in [1.807, 2.05) is 60.5 Å². The van der Waals surface area contributed by atoms with Crippen LogP contribution in [0.1, 0.15) is 15.9 Å². The van der Waals surface area contributed by atoms with Gasteiger partial charge in [0.2, 0.25) is 5.91 Å². The van der Waals surface area contributed by atoms with Gasteiger partial charge in [-0.3, -0.25) is 9.59 Å². The van der Waals surface area contributed by atoms with Gasteiger partial charge in [0, 0.05) is 49.3 Å². The number of carbonyl (C=O) groups excluding carboxylic acids is 2. The Morgan fingerprint density at radius 1 is 1.07 bits per heavy atom. The quantitative estimate of drug-likeness (QED) is 0.566. The van der Waals surface area contributed by atoms with Gasteiger partial charge in [0.1, 0.15) is 0 Å². The molecular weight excluding hydrogens is 464 g/mol. The molecule has 1 aliphatic rings. The van der Waals surface area contributed by atoms with Crippen molar-refractivity contribution in [3.05, 3.63) is 64.1 Å². The lowest BCUT2D eigenvalue weighted by molar-refractivity contribution is -0.127. The lowest BCUT2D eigenvalue weighted by atomic mass is 10.1. The van der Waals surface area contributed by atoms with Crippen molar-refractivity contribution in [3.63, 3.8) is 0 Å². The Hall–Kier alpha value is -2.71. The molecule has 2 heterocycles. The summed E-state index contributed by atoms with van der Waals surface area (Å²) in [5, 5.41) is 3.87. The predicted octanol–water partition coefficient (Wildman–Crippen LogP) is 4.10. The first-order valence-corrected chi connectivity index (χ1v) is 11.2. The van der Waals surface area contributed by atoms with Crippen molar-refractivity contribution >= 4 is 60.5 Å². The molecule has 6 nitrogen and oxygen atoms in total. The molecule has 30 heavy (non-hydrogen) atoms. The summed E-state index contributed by atoms with van der Waals surface area (Å²) >= 11 is 4.93. The fraction of sp³-hybridized carbons (Fsp3) is 0.227. The smallest absolute Gasteiger partial charge is 0.254 e. The second kappa shape index (κ2) is 8.97. The molecule has 0 atom stereocenters. The number of nitrogens with one attached hydrogen (secondary N) is 1. The fourth-order valence-electron chi connectivity index (χ4n) is 3.32. The largest absolute Gasteiger partial charge is 0.365 e. The summed E-state index contributed by atoms with van der Waals surface area (Å²) in [5.41, 5.74) is 2.51. The van der Waals surface area contributed by atoms with Crippen molar-refractivity contribution in [1.29, 1.82) is 0 Å². The molecule has 0 bridgehead atoms. The molecular formula is C22H21BrN4O2S. The number of aromatic nitrogens is 1. The number of thiazole rings is 1. The Morgan fingerprint density at radius 3 is 2.47 bits per heavy atom. The van der Waals surface area contributed by atoms with Gasteiger partial charge in [-0.15, -0.1) is 0 Å². The number of piperazine rings is 1. The Labute approximate surface area is 187 Å². The van der Waals surface area contributed by atoms with Gasteiger partial charge in [-0.05, 0) is 42.0 Å². The molecule has 1 saturated heterocycles. The summed E-state index contributed by atoms with van der Waals surface area (Å²) in [7, 11) is 1.83. The zero-order valence-corrected chi connectivity index (χ0v) is 18.9. The minimum atomic E-state index is -0.0318. The highest BCUT2D eigenvalue weighted by atomic mass is 79.9. The van der Waals surface area contributed by atoms with E-state index in [2.05, 4.69) is 26.2 Å². The maximum Gasteiger partial charge on any atom is 0.254 e. The highest BCUT2D eigenvalue weighted by Crippen LogP contribution is 2.27. The Balaban J connectivity index is 1.36. The van der Waals surface area contributed by atoms with Gasteiger partial charge in [0.25, 0.3) is 5.91 Å². The van der Waals surface area contributed by atoms with Crippen molar-refractivity contribution in [2.75, 3.05) is 38.5 Å². The van der Waals surface area contributed by atoms with Gasteiger partial charge < -0.3 is 15.1 Å². The van der Waals surface area contributed by atoms with E-state index in [1.165, 1.54) is 11.3 Å². The Morgan fingerprint density at radius 2 is 1.77 bits per heavy atom. The minimum Gasteiger partial charge on any atom is -0.365 e. The van der Waals surface area contributed by atoms with Crippen molar-refractivity contribution in [2.24, 2.45) is 0 Å². The van der Waals surface area contributed by atoms with Gasteiger partial charge in [0.05, 0.1) is 10.2 Å². The van der Waals surface area contributed by atoms with Crippen LogP contribution >= 0.6 is 27.3 Å². The lowest BCUT2D eigenvalue weighted by Gasteiger charge is -2.34. The summed E-state index contributed by atoms with van der Waals surface area (Å²) in [6, 6.07) is 13.4. The van der Waals surface area contributed by atoms with Crippen LogP contribution in [-0.4, -0.2) is 59.8 Å². The number of fused-ring (bicyclic) bond motifs is 1. The summed E-state index contributed by atoms with van der Waals surface area (Å²) in [5.74, 6) is -0.0375. The van der Waals surface area contributed by atoms with Crippen LogP contribution in [0.5, 0.6) is 0 Å². The number of halogens is 1.